The van der Waals surface area contributed by atoms with Crippen LogP contribution in [0.5, 0.6) is 11.5 Å². The van der Waals surface area contributed by atoms with Gasteiger partial charge in [-0.3, -0.25) is 4.79 Å². The molecule has 0 radical (unpaired) electrons. The molecule has 1 amide bonds. The second-order valence-corrected chi connectivity index (χ2v) is 5.16. The van der Waals surface area contributed by atoms with Gasteiger partial charge >= 0.3 is 0 Å². The Morgan fingerprint density at radius 1 is 1.14 bits per heavy atom. The lowest BCUT2D eigenvalue weighted by atomic mass is 10.2. The third-order valence-corrected chi connectivity index (χ3v) is 3.62. The zero-order valence-electron chi connectivity index (χ0n) is 12.1. The Morgan fingerprint density at radius 2 is 1.86 bits per heavy atom. The van der Waals surface area contributed by atoms with Gasteiger partial charge in [0.2, 0.25) is 5.91 Å². The van der Waals surface area contributed by atoms with E-state index in [1.807, 2.05) is 30.0 Å². The molecule has 0 aromatic heterocycles. The number of ether oxygens (including phenoxy) is 3. The summed E-state index contributed by atoms with van der Waals surface area (Å²) in [6, 6.07) is 5.35. The van der Waals surface area contributed by atoms with Gasteiger partial charge < -0.3 is 24.4 Å². The topological polar surface area (TPSA) is 60.0 Å². The number of morpholine rings is 1. The minimum Gasteiger partial charge on any atom is -0.486 e. The Balaban J connectivity index is 1.63. The van der Waals surface area contributed by atoms with Crippen LogP contribution in [0.1, 0.15) is 6.92 Å². The number of nitrogens with one attached hydrogen (secondary N) is 1. The fourth-order valence-electron chi connectivity index (χ4n) is 2.50. The van der Waals surface area contributed by atoms with E-state index in [1.54, 1.807) is 0 Å². The molecule has 6 nitrogen and oxygen atoms in total. The van der Waals surface area contributed by atoms with Crippen LogP contribution < -0.4 is 14.8 Å². The molecule has 3 rings (SSSR count). The van der Waals surface area contributed by atoms with Crippen molar-refractivity contribution >= 4 is 11.6 Å². The van der Waals surface area contributed by atoms with Gasteiger partial charge in [0, 0.05) is 24.8 Å². The second kappa shape index (κ2) is 6.22. The first-order valence-electron chi connectivity index (χ1n) is 7.27. The predicted molar refractivity (Wildman–Crippen MR) is 77.9 cm³/mol. The van der Waals surface area contributed by atoms with E-state index in [0.29, 0.717) is 39.5 Å². The number of anilines is 1. The van der Waals surface area contributed by atoms with Crippen molar-refractivity contribution in [2.75, 3.05) is 44.8 Å². The summed E-state index contributed by atoms with van der Waals surface area (Å²) in [6.07, 6.45) is 0. The zero-order valence-corrected chi connectivity index (χ0v) is 12.1. The average molecular weight is 292 g/mol. The minimum absolute atomic E-state index is 0.0909. The Morgan fingerprint density at radius 3 is 2.62 bits per heavy atom. The molecule has 1 atom stereocenters. The molecular formula is C15H20N2O4. The minimum atomic E-state index is -0.286. The fraction of sp³-hybridized carbons (Fsp3) is 0.533. The maximum atomic E-state index is 12.3. The highest BCUT2D eigenvalue weighted by atomic mass is 16.6. The van der Waals surface area contributed by atoms with Gasteiger partial charge in [-0.05, 0) is 19.1 Å². The third kappa shape index (κ3) is 3.21. The summed E-state index contributed by atoms with van der Waals surface area (Å²) < 4.78 is 16.3. The van der Waals surface area contributed by atoms with Crippen LogP contribution in [0, 0.1) is 0 Å². The van der Waals surface area contributed by atoms with Crippen molar-refractivity contribution in [3.05, 3.63) is 18.2 Å². The van der Waals surface area contributed by atoms with E-state index in [9.17, 15) is 4.79 Å². The Hall–Kier alpha value is -1.95. The van der Waals surface area contributed by atoms with Crippen molar-refractivity contribution in [1.82, 2.24) is 4.90 Å². The summed E-state index contributed by atoms with van der Waals surface area (Å²) in [4.78, 5) is 14.2. The Kier molecular flexibility index (Phi) is 4.15. The van der Waals surface area contributed by atoms with Crippen LogP contribution in [-0.2, 0) is 9.53 Å². The van der Waals surface area contributed by atoms with Gasteiger partial charge in [0.05, 0.1) is 13.2 Å². The van der Waals surface area contributed by atoms with E-state index in [2.05, 4.69) is 5.32 Å². The van der Waals surface area contributed by atoms with E-state index in [0.717, 1.165) is 17.2 Å². The number of fused-ring (bicyclic) bond motifs is 1. The van der Waals surface area contributed by atoms with Gasteiger partial charge in [-0.15, -0.1) is 0 Å². The Bertz CT molecular complexity index is 514. The van der Waals surface area contributed by atoms with Crippen LogP contribution in [0.4, 0.5) is 5.69 Å². The van der Waals surface area contributed by atoms with E-state index in [1.165, 1.54) is 0 Å². The lowest BCUT2D eigenvalue weighted by Crippen LogP contribution is -2.47. The monoisotopic (exact) mass is 292 g/mol. The summed E-state index contributed by atoms with van der Waals surface area (Å²) >= 11 is 0. The maximum Gasteiger partial charge on any atom is 0.244 e. The molecule has 1 saturated heterocycles. The largest absolute Gasteiger partial charge is 0.486 e. The second-order valence-electron chi connectivity index (χ2n) is 5.16. The summed E-state index contributed by atoms with van der Waals surface area (Å²) in [6.45, 7) is 5.54. The molecular weight excluding hydrogens is 272 g/mol. The highest BCUT2D eigenvalue weighted by molar-refractivity contribution is 5.84. The molecule has 0 aliphatic carbocycles. The maximum absolute atomic E-state index is 12.3. The molecule has 1 fully saturated rings. The highest BCUT2D eigenvalue weighted by Crippen LogP contribution is 2.32. The van der Waals surface area contributed by atoms with E-state index in [-0.39, 0.29) is 11.9 Å². The van der Waals surface area contributed by atoms with Crippen molar-refractivity contribution in [3.8, 4) is 11.5 Å². The van der Waals surface area contributed by atoms with Crippen molar-refractivity contribution < 1.29 is 19.0 Å². The quantitative estimate of drug-likeness (QED) is 0.904. The SMILES string of the molecule is CC(Nc1ccc2c(c1)OCCO2)C(=O)N1CCOCC1. The molecule has 1 aromatic carbocycles. The summed E-state index contributed by atoms with van der Waals surface area (Å²) in [7, 11) is 0. The first-order valence-corrected chi connectivity index (χ1v) is 7.27. The normalized spacial score (nSPS) is 19.0. The average Bonchev–Trinajstić information content (AvgIpc) is 2.55. The number of amides is 1. The van der Waals surface area contributed by atoms with Crippen molar-refractivity contribution in [2.24, 2.45) is 0 Å². The molecule has 0 saturated carbocycles. The van der Waals surface area contributed by atoms with E-state index < -0.39 is 0 Å². The lowest BCUT2D eigenvalue weighted by Gasteiger charge is -2.30. The molecule has 1 unspecified atom stereocenters. The van der Waals surface area contributed by atoms with Gasteiger partial charge in [-0.2, -0.15) is 0 Å². The van der Waals surface area contributed by atoms with Crippen LogP contribution >= 0.6 is 0 Å². The molecule has 6 heteroatoms. The van der Waals surface area contributed by atoms with E-state index >= 15 is 0 Å². The lowest BCUT2D eigenvalue weighted by molar-refractivity contribution is -0.135. The molecule has 1 aromatic rings. The zero-order chi connectivity index (χ0) is 14.7. The highest BCUT2D eigenvalue weighted by Gasteiger charge is 2.22. The summed E-state index contributed by atoms with van der Waals surface area (Å²) in [5.41, 5.74) is 0.855. The molecule has 0 bridgehead atoms. The molecule has 114 valence electrons. The van der Waals surface area contributed by atoms with Crippen LogP contribution in [0.3, 0.4) is 0 Å². The first-order chi connectivity index (χ1) is 10.2. The van der Waals surface area contributed by atoms with Gasteiger partial charge in [0.25, 0.3) is 0 Å². The molecule has 2 aliphatic rings. The van der Waals surface area contributed by atoms with Crippen molar-refractivity contribution in [1.29, 1.82) is 0 Å². The number of nitrogens with zero attached hydrogens (tertiary/aromatic N) is 1. The van der Waals surface area contributed by atoms with Crippen LogP contribution in [0.15, 0.2) is 18.2 Å². The number of benzene rings is 1. The summed E-state index contributed by atoms with van der Waals surface area (Å²) in [5.74, 6) is 1.56. The van der Waals surface area contributed by atoms with E-state index in [4.69, 9.17) is 14.2 Å². The number of rotatable bonds is 3. The first kappa shape index (κ1) is 14.0. The van der Waals surface area contributed by atoms with Crippen molar-refractivity contribution in [2.45, 2.75) is 13.0 Å². The standard InChI is InChI=1S/C15H20N2O4/c1-11(15(18)17-4-6-19-7-5-17)16-12-2-3-13-14(10-12)21-9-8-20-13/h2-3,10-11,16H,4-9H2,1H3. The van der Waals surface area contributed by atoms with Crippen molar-refractivity contribution in [3.63, 3.8) is 0 Å². The van der Waals surface area contributed by atoms with Gasteiger partial charge in [0.15, 0.2) is 11.5 Å². The molecule has 1 N–H and O–H groups in total. The Labute approximate surface area is 124 Å². The third-order valence-electron chi connectivity index (χ3n) is 3.62. The molecule has 0 spiro atoms. The fourth-order valence-corrected chi connectivity index (χ4v) is 2.50. The number of carbonyl (C=O) groups is 1. The summed E-state index contributed by atoms with van der Waals surface area (Å²) in [5, 5.41) is 3.22. The molecule has 21 heavy (non-hydrogen) atoms. The van der Waals surface area contributed by atoms with Gasteiger partial charge in [-0.25, -0.2) is 0 Å². The smallest absolute Gasteiger partial charge is 0.244 e. The van der Waals surface area contributed by atoms with Crippen LogP contribution in [0.2, 0.25) is 0 Å². The predicted octanol–water partition coefficient (Wildman–Crippen LogP) is 1.12. The van der Waals surface area contributed by atoms with Crippen LogP contribution in [0.25, 0.3) is 0 Å². The number of hydrogen-bond donors (Lipinski definition) is 1. The number of hydrogen-bond acceptors (Lipinski definition) is 5. The number of carbonyl (C=O) groups excluding carboxylic acids is 1. The van der Waals surface area contributed by atoms with Crippen LogP contribution in [-0.4, -0.2) is 56.4 Å². The molecule has 2 heterocycles. The van der Waals surface area contributed by atoms with Gasteiger partial charge in [0.1, 0.15) is 19.3 Å². The van der Waals surface area contributed by atoms with Gasteiger partial charge in [-0.1, -0.05) is 0 Å². The molecule has 2 aliphatic heterocycles.